The van der Waals surface area contributed by atoms with Gasteiger partial charge in [-0.05, 0) is 24.3 Å². The van der Waals surface area contributed by atoms with Crippen LogP contribution in [0.25, 0.3) is 0 Å². The molecule has 3 rings (SSSR count). The lowest BCUT2D eigenvalue weighted by Crippen LogP contribution is -2.22. The predicted octanol–water partition coefficient (Wildman–Crippen LogP) is 2.14. The van der Waals surface area contributed by atoms with Gasteiger partial charge in [0.15, 0.2) is 5.16 Å². The van der Waals surface area contributed by atoms with Crippen LogP contribution in [0.5, 0.6) is 5.75 Å². The van der Waals surface area contributed by atoms with Gasteiger partial charge < -0.3 is 13.7 Å². The molecule has 0 fully saturated rings. The maximum absolute atomic E-state index is 12.3. The quantitative estimate of drug-likeness (QED) is 0.398. The van der Waals surface area contributed by atoms with Gasteiger partial charge >= 0.3 is 5.97 Å². The SMILES string of the molecule is CN(C)S(=O)(=O)c1ccc(C(=O)Oc2coc(CSc3nccn3C)cc2=O)cc1. The van der Waals surface area contributed by atoms with Crippen LogP contribution in [0.1, 0.15) is 16.1 Å². The zero-order chi connectivity index (χ0) is 21.9. The number of rotatable bonds is 7. The highest BCUT2D eigenvalue weighted by atomic mass is 32.2. The van der Waals surface area contributed by atoms with Crippen molar-refractivity contribution in [2.75, 3.05) is 14.1 Å². The Morgan fingerprint density at radius 1 is 1.27 bits per heavy atom. The van der Waals surface area contributed by atoms with Crippen LogP contribution in [0.3, 0.4) is 0 Å². The van der Waals surface area contributed by atoms with E-state index in [0.29, 0.717) is 11.5 Å². The maximum atomic E-state index is 12.3. The van der Waals surface area contributed by atoms with E-state index in [4.69, 9.17) is 9.15 Å². The first-order valence-corrected chi connectivity index (χ1v) is 11.1. The van der Waals surface area contributed by atoms with Gasteiger partial charge in [0, 0.05) is 39.6 Å². The number of benzene rings is 1. The fourth-order valence-electron chi connectivity index (χ4n) is 2.35. The molecule has 0 saturated carbocycles. The van der Waals surface area contributed by atoms with Gasteiger partial charge in [-0.2, -0.15) is 0 Å². The van der Waals surface area contributed by atoms with Crippen molar-refractivity contribution in [3.63, 3.8) is 0 Å². The van der Waals surface area contributed by atoms with Gasteiger partial charge in [0.2, 0.25) is 21.2 Å². The molecule has 0 aliphatic carbocycles. The zero-order valence-electron chi connectivity index (χ0n) is 16.4. The summed E-state index contributed by atoms with van der Waals surface area (Å²) in [4.78, 5) is 28.7. The number of aryl methyl sites for hydroxylation is 1. The number of carbonyl (C=O) groups is 1. The third kappa shape index (κ3) is 4.81. The highest BCUT2D eigenvalue weighted by molar-refractivity contribution is 7.98. The average molecular weight is 450 g/mol. The summed E-state index contributed by atoms with van der Waals surface area (Å²) in [5.74, 6) is -0.260. The molecule has 0 bridgehead atoms. The minimum atomic E-state index is -3.61. The molecular formula is C19H19N3O6S2. The van der Waals surface area contributed by atoms with Crippen LogP contribution in [0.4, 0.5) is 0 Å². The smallest absolute Gasteiger partial charge is 0.343 e. The number of imidazole rings is 1. The van der Waals surface area contributed by atoms with Crippen LogP contribution in [-0.4, -0.2) is 42.3 Å². The molecule has 2 aromatic heterocycles. The van der Waals surface area contributed by atoms with E-state index < -0.39 is 21.4 Å². The van der Waals surface area contributed by atoms with E-state index in [1.54, 1.807) is 6.20 Å². The Labute approximate surface area is 177 Å². The number of hydrogen-bond acceptors (Lipinski definition) is 8. The normalized spacial score (nSPS) is 11.6. The standard InChI is InChI=1S/C19H19N3O6S2/c1-21(2)30(25,26)15-6-4-13(5-7-15)18(24)28-17-11-27-14(10-16(17)23)12-29-19-20-8-9-22(19)3/h4-11H,12H2,1-3H3. The Kier molecular flexibility index (Phi) is 6.44. The molecular weight excluding hydrogens is 430 g/mol. The van der Waals surface area contributed by atoms with Crippen molar-refractivity contribution in [2.24, 2.45) is 7.05 Å². The number of aromatic nitrogens is 2. The fraction of sp³-hybridized carbons (Fsp3) is 0.211. The van der Waals surface area contributed by atoms with Gasteiger partial charge in [-0.25, -0.2) is 22.5 Å². The number of nitrogens with zero attached hydrogens (tertiary/aromatic N) is 3. The predicted molar refractivity (Wildman–Crippen MR) is 110 cm³/mol. The average Bonchev–Trinajstić information content (AvgIpc) is 3.13. The lowest BCUT2D eigenvalue weighted by Gasteiger charge is -2.11. The lowest BCUT2D eigenvalue weighted by molar-refractivity contribution is 0.0728. The van der Waals surface area contributed by atoms with Crippen molar-refractivity contribution in [3.05, 3.63) is 70.5 Å². The summed E-state index contributed by atoms with van der Waals surface area (Å²) in [5.41, 5.74) is -0.404. The second-order valence-electron chi connectivity index (χ2n) is 6.39. The number of ether oxygens (including phenoxy) is 1. The summed E-state index contributed by atoms with van der Waals surface area (Å²) in [6.45, 7) is 0. The van der Waals surface area contributed by atoms with Crippen LogP contribution >= 0.6 is 11.8 Å². The van der Waals surface area contributed by atoms with Gasteiger partial charge in [-0.3, -0.25) is 4.79 Å². The zero-order valence-corrected chi connectivity index (χ0v) is 18.1. The van der Waals surface area contributed by atoms with E-state index in [9.17, 15) is 18.0 Å². The molecule has 0 aliphatic rings. The van der Waals surface area contributed by atoms with Crippen LogP contribution < -0.4 is 10.2 Å². The Hall–Kier alpha value is -2.89. The summed E-state index contributed by atoms with van der Waals surface area (Å²) in [6.07, 6.45) is 4.56. The molecule has 1 aromatic carbocycles. The largest absolute Gasteiger partial charge is 0.464 e. The molecule has 9 nitrogen and oxygen atoms in total. The van der Waals surface area contributed by atoms with E-state index in [0.717, 1.165) is 15.7 Å². The van der Waals surface area contributed by atoms with Gasteiger partial charge in [-0.1, -0.05) is 11.8 Å². The number of esters is 1. The molecule has 0 spiro atoms. The number of thioether (sulfide) groups is 1. The second-order valence-corrected chi connectivity index (χ2v) is 9.48. The molecule has 3 aromatic rings. The van der Waals surface area contributed by atoms with Gasteiger partial charge in [0.25, 0.3) is 0 Å². The molecule has 2 heterocycles. The van der Waals surface area contributed by atoms with Gasteiger partial charge in [0.05, 0.1) is 16.2 Å². The van der Waals surface area contributed by atoms with Gasteiger partial charge in [-0.15, -0.1) is 0 Å². The van der Waals surface area contributed by atoms with Crippen molar-refractivity contribution in [3.8, 4) is 5.75 Å². The summed E-state index contributed by atoms with van der Waals surface area (Å²) >= 11 is 1.40. The molecule has 0 atom stereocenters. The van der Waals surface area contributed by atoms with Crippen molar-refractivity contribution in [1.82, 2.24) is 13.9 Å². The first-order chi connectivity index (χ1) is 14.2. The molecule has 30 heavy (non-hydrogen) atoms. The molecule has 0 radical (unpaired) electrons. The Bertz CT molecular complexity index is 1210. The van der Waals surface area contributed by atoms with E-state index in [1.807, 2.05) is 17.8 Å². The van der Waals surface area contributed by atoms with Crippen LogP contribution in [0.2, 0.25) is 0 Å². The maximum Gasteiger partial charge on any atom is 0.343 e. The Morgan fingerprint density at radius 2 is 1.97 bits per heavy atom. The lowest BCUT2D eigenvalue weighted by atomic mass is 10.2. The summed E-state index contributed by atoms with van der Waals surface area (Å²) in [5, 5.41) is 0.771. The van der Waals surface area contributed by atoms with E-state index in [2.05, 4.69) is 4.98 Å². The first kappa shape index (κ1) is 21.8. The molecule has 0 saturated heterocycles. The second kappa shape index (κ2) is 8.86. The monoisotopic (exact) mass is 449 g/mol. The molecule has 0 amide bonds. The molecule has 158 valence electrons. The van der Waals surface area contributed by atoms with E-state index in [1.165, 1.54) is 56.2 Å². The fourth-order valence-corrected chi connectivity index (χ4v) is 4.07. The minimum absolute atomic E-state index is 0.0399. The van der Waals surface area contributed by atoms with Gasteiger partial charge in [0.1, 0.15) is 12.0 Å². The van der Waals surface area contributed by atoms with E-state index >= 15 is 0 Å². The molecule has 0 N–H and O–H groups in total. The van der Waals surface area contributed by atoms with Crippen molar-refractivity contribution >= 4 is 27.8 Å². The van der Waals surface area contributed by atoms with Crippen LogP contribution in [-0.2, 0) is 22.8 Å². The summed E-state index contributed by atoms with van der Waals surface area (Å²) in [7, 11) is 1.08. The highest BCUT2D eigenvalue weighted by Crippen LogP contribution is 2.21. The molecule has 11 heteroatoms. The first-order valence-electron chi connectivity index (χ1n) is 8.65. The summed E-state index contributed by atoms with van der Waals surface area (Å²) < 4.78 is 37.5. The Morgan fingerprint density at radius 3 is 2.53 bits per heavy atom. The highest BCUT2D eigenvalue weighted by Gasteiger charge is 2.18. The minimum Gasteiger partial charge on any atom is -0.464 e. The Balaban J connectivity index is 1.68. The number of carbonyl (C=O) groups excluding carboxylic acids is 1. The number of hydrogen-bond donors (Lipinski definition) is 0. The third-order valence-electron chi connectivity index (χ3n) is 4.04. The topological polar surface area (TPSA) is 112 Å². The van der Waals surface area contributed by atoms with E-state index in [-0.39, 0.29) is 16.2 Å². The van der Waals surface area contributed by atoms with Crippen molar-refractivity contribution in [1.29, 1.82) is 0 Å². The number of sulfonamides is 1. The van der Waals surface area contributed by atoms with Crippen molar-refractivity contribution < 1.29 is 22.4 Å². The summed E-state index contributed by atoms with van der Waals surface area (Å²) in [6, 6.07) is 6.49. The molecule has 0 unspecified atom stereocenters. The van der Waals surface area contributed by atoms with Crippen LogP contribution in [0, 0.1) is 0 Å². The van der Waals surface area contributed by atoms with Crippen LogP contribution in [0.15, 0.2) is 68.3 Å². The third-order valence-corrected chi connectivity index (χ3v) is 6.95. The van der Waals surface area contributed by atoms with Crippen molar-refractivity contribution in [2.45, 2.75) is 15.8 Å². The molecule has 0 aliphatic heterocycles.